The summed E-state index contributed by atoms with van der Waals surface area (Å²) in [6, 6.07) is 10.6. The number of ether oxygens (including phenoxy) is 2. The fourth-order valence-corrected chi connectivity index (χ4v) is 5.97. The Kier molecular flexibility index (Phi) is 6.70. The number of nitrogens with one attached hydrogen (secondary N) is 1. The Morgan fingerprint density at radius 3 is 2.62 bits per heavy atom. The van der Waals surface area contributed by atoms with Crippen LogP contribution in [0.5, 0.6) is 5.75 Å². The summed E-state index contributed by atoms with van der Waals surface area (Å²) in [6.07, 6.45) is 2.84. The number of rotatable bonds is 7. The third kappa shape index (κ3) is 5.61. The van der Waals surface area contributed by atoms with Crippen LogP contribution in [-0.2, 0) is 19.6 Å². The number of carbonyl (C=O) groups excluding carboxylic acids is 1. The number of amides is 1. The van der Waals surface area contributed by atoms with E-state index in [0.29, 0.717) is 50.5 Å². The summed E-state index contributed by atoms with van der Waals surface area (Å²) in [4.78, 5) is 19.3. The second-order valence-electron chi connectivity index (χ2n) is 11.1. The van der Waals surface area contributed by atoms with E-state index in [1.165, 1.54) is 6.07 Å². The summed E-state index contributed by atoms with van der Waals surface area (Å²) in [6.45, 7) is 7.67. The molecule has 10 heteroatoms. The van der Waals surface area contributed by atoms with Gasteiger partial charge in [-0.25, -0.2) is 9.71 Å². The maximum Gasteiger partial charge on any atom is 0.281 e. The van der Waals surface area contributed by atoms with E-state index in [-0.39, 0.29) is 16.5 Å². The molecule has 2 aromatic rings. The number of aryl methyl sites for hydroxylation is 1. The molecule has 0 bridgehead atoms. The lowest BCUT2D eigenvalue weighted by Gasteiger charge is -2.35. The van der Waals surface area contributed by atoms with Crippen molar-refractivity contribution < 1.29 is 27.8 Å². The van der Waals surface area contributed by atoms with Crippen molar-refractivity contribution in [2.75, 3.05) is 24.6 Å². The number of β-amino-alcohol motifs (C(OH)–C–C–N with tert-alkyl or cyclic N) is 1. The van der Waals surface area contributed by atoms with E-state index in [1.54, 1.807) is 12.1 Å². The summed E-state index contributed by atoms with van der Waals surface area (Å²) in [5, 5.41) is 9.56. The highest BCUT2D eigenvalue weighted by molar-refractivity contribution is 7.90. The Morgan fingerprint density at radius 2 is 1.97 bits per heavy atom. The third-order valence-electron chi connectivity index (χ3n) is 7.50. The molecule has 37 heavy (non-hydrogen) atoms. The number of aliphatic hydroxyl groups excluding tert-OH is 1. The molecule has 2 saturated heterocycles. The van der Waals surface area contributed by atoms with Gasteiger partial charge in [-0.3, -0.25) is 4.79 Å². The van der Waals surface area contributed by atoms with Crippen molar-refractivity contribution in [2.24, 2.45) is 0 Å². The first-order chi connectivity index (χ1) is 17.5. The van der Waals surface area contributed by atoms with Gasteiger partial charge in [0, 0.05) is 31.8 Å². The standard InChI is InChI=1S/C27H35N3O6S/c1-18-7-8-21(19-9-11-26(2,3)35-17-19)22(15-18)36-27(12-13-27)25(32)29-37(33,34)24-6-4-5-23(28-24)30-14-10-20(31)16-30/h4-8,15,19-20,31H,9-14,16-17H2,1-3H3,(H,29,32)/t19-,20+/m1/s1. The predicted octanol–water partition coefficient (Wildman–Crippen LogP) is 3.05. The highest BCUT2D eigenvalue weighted by atomic mass is 32.2. The molecule has 2 N–H and O–H groups in total. The molecule has 1 aromatic heterocycles. The van der Waals surface area contributed by atoms with Gasteiger partial charge < -0.3 is 19.5 Å². The van der Waals surface area contributed by atoms with Crippen LogP contribution in [0.2, 0.25) is 0 Å². The highest BCUT2D eigenvalue weighted by Crippen LogP contribution is 2.45. The van der Waals surface area contributed by atoms with Crippen molar-refractivity contribution in [2.45, 2.75) is 81.1 Å². The maximum atomic E-state index is 13.3. The summed E-state index contributed by atoms with van der Waals surface area (Å²) in [5.74, 6) is 0.504. The lowest BCUT2D eigenvalue weighted by Crippen LogP contribution is -2.43. The van der Waals surface area contributed by atoms with Crippen LogP contribution in [0.1, 0.15) is 63.0 Å². The van der Waals surface area contributed by atoms with Crippen LogP contribution in [0.3, 0.4) is 0 Å². The number of sulfonamides is 1. The van der Waals surface area contributed by atoms with Crippen molar-refractivity contribution in [1.82, 2.24) is 9.71 Å². The molecule has 3 aliphatic rings. The van der Waals surface area contributed by atoms with Crippen LogP contribution in [0.15, 0.2) is 41.4 Å². The SMILES string of the molecule is Cc1ccc([C@@H]2CCC(C)(C)OC2)c(OC2(C(=O)NS(=O)(=O)c3cccc(N4CC[C@H](O)C4)n3)CC2)c1. The van der Waals surface area contributed by atoms with Gasteiger partial charge >= 0.3 is 0 Å². The molecule has 1 amide bonds. The van der Waals surface area contributed by atoms with Crippen LogP contribution in [0.4, 0.5) is 5.82 Å². The summed E-state index contributed by atoms with van der Waals surface area (Å²) < 4.78 is 40.7. The van der Waals surface area contributed by atoms with Gasteiger partial charge in [-0.1, -0.05) is 18.2 Å². The van der Waals surface area contributed by atoms with Crippen LogP contribution < -0.4 is 14.4 Å². The number of anilines is 1. The van der Waals surface area contributed by atoms with Crippen LogP contribution in [-0.4, -0.2) is 61.4 Å². The molecule has 3 fully saturated rings. The monoisotopic (exact) mass is 529 g/mol. The van der Waals surface area contributed by atoms with Gasteiger partial charge in [0.1, 0.15) is 11.6 Å². The summed E-state index contributed by atoms with van der Waals surface area (Å²) >= 11 is 0. The average molecular weight is 530 g/mol. The number of pyridine rings is 1. The number of hydrogen-bond donors (Lipinski definition) is 2. The van der Waals surface area contributed by atoms with Gasteiger partial charge in [0.25, 0.3) is 15.9 Å². The molecule has 3 heterocycles. The largest absolute Gasteiger partial charge is 0.477 e. The molecule has 2 aliphatic heterocycles. The van der Waals surface area contributed by atoms with Crippen LogP contribution in [0.25, 0.3) is 0 Å². The third-order valence-corrected chi connectivity index (χ3v) is 8.73. The number of aliphatic hydroxyl groups is 1. The lowest BCUT2D eigenvalue weighted by molar-refractivity contribution is -0.128. The van der Waals surface area contributed by atoms with E-state index in [2.05, 4.69) is 23.6 Å². The van der Waals surface area contributed by atoms with Gasteiger partial charge in [-0.2, -0.15) is 8.42 Å². The van der Waals surface area contributed by atoms with Gasteiger partial charge in [-0.15, -0.1) is 0 Å². The van der Waals surface area contributed by atoms with Crippen molar-refractivity contribution in [3.63, 3.8) is 0 Å². The second kappa shape index (κ2) is 9.56. The van der Waals surface area contributed by atoms with E-state index >= 15 is 0 Å². The first-order valence-electron chi connectivity index (χ1n) is 12.9. The van der Waals surface area contributed by atoms with Gasteiger partial charge in [0.05, 0.1) is 18.3 Å². The zero-order chi connectivity index (χ0) is 26.4. The zero-order valence-corrected chi connectivity index (χ0v) is 22.4. The average Bonchev–Trinajstić information content (AvgIpc) is 3.50. The summed E-state index contributed by atoms with van der Waals surface area (Å²) in [5.41, 5.74) is 0.577. The first-order valence-corrected chi connectivity index (χ1v) is 14.4. The van der Waals surface area contributed by atoms with E-state index < -0.39 is 27.6 Å². The van der Waals surface area contributed by atoms with Crippen LogP contribution in [0, 0.1) is 6.92 Å². The first kappa shape index (κ1) is 25.9. The second-order valence-corrected chi connectivity index (χ2v) is 12.7. The van der Waals surface area contributed by atoms with E-state index in [4.69, 9.17) is 9.47 Å². The van der Waals surface area contributed by atoms with Crippen LogP contribution >= 0.6 is 0 Å². The van der Waals surface area contributed by atoms with E-state index in [0.717, 1.165) is 24.0 Å². The smallest absolute Gasteiger partial charge is 0.281 e. The molecule has 0 radical (unpaired) electrons. The molecule has 1 aliphatic carbocycles. The number of nitrogens with zero attached hydrogens (tertiary/aromatic N) is 2. The van der Waals surface area contributed by atoms with Gasteiger partial charge in [0.2, 0.25) is 0 Å². The number of benzene rings is 1. The molecular weight excluding hydrogens is 494 g/mol. The minimum atomic E-state index is -4.21. The molecular formula is C27H35N3O6S. The minimum Gasteiger partial charge on any atom is -0.477 e. The Hall–Kier alpha value is -2.69. The Balaban J connectivity index is 1.32. The topological polar surface area (TPSA) is 118 Å². The van der Waals surface area contributed by atoms with Crippen molar-refractivity contribution in [3.8, 4) is 5.75 Å². The molecule has 9 nitrogen and oxygen atoms in total. The lowest BCUT2D eigenvalue weighted by atomic mass is 9.86. The Bertz CT molecular complexity index is 1280. The highest BCUT2D eigenvalue weighted by Gasteiger charge is 2.54. The van der Waals surface area contributed by atoms with E-state index in [1.807, 2.05) is 30.0 Å². The number of carbonyl (C=O) groups is 1. The molecule has 1 aromatic carbocycles. The van der Waals surface area contributed by atoms with E-state index in [9.17, 15) is 18.3 Å². The molecule has 0 spiro atoms. The number of aromatic nitrogens is 1. The molecule has 0 unspecified atom stereocenters. The number of hydrogen-bond acceptors (Lipinski definition) is 8. The normalized spacial score (nSPS) is 24.5. The van der Waals surface area contributed by atoms with Gasteiger partial charge in [-0.05, 0) is 69.4 Å². The maximum absolute atomic E-state index is 13.3. The van der Waals surface area contributed by atoms with Gasteiger partial charge in [0.15, 0.2) is 10.6 Å². The Labute approximate surface area is 218 Å². The minimum absolute atomic E-state index is 0.141. The molecule has 200 valence electrons. The van der Waals surface area contributed by atoms with Crippen molar-refractivity contribution >= 4 is 21.7 Å². The molecule has 2 atom stereocenters. The van der Waals surface area contributed by atoms with Crippen molar-refractivity contribution in [3.05, 3.63) is 47.5 Å². The van der Waals surface area contributed by atoms with Crippen molar-refractivity contribution in [1.29, 1.82) is 0 Å². The molecule has 1 saturated carbocycles. The molecule has 5 rings (SSSR count). The zero-order valence-electron chi connectivity index (χ0n) is 21.6. The fourth-order valence-electron chi connectivity index (χ4n) is 4.96. The Morgan fingerprint density at radius 1 is 1.19 bits per heavy atom. The summed E-state index contributed by atoms with van der Waals surface area (Å²) in [7, 11) is -4.21. The quantitative estimate of drug-likeness (QED) is 0.562. The predicted molar refractivity (Wildman–Crippen MR) is 138 cm³/mol. The fraction of sp³-hybridized carbons (Fsp3) is 0.556.